The van der Waals surface area contributed by atoms with E-state index in [1.54, 1.807) is 23.1 Å². The average molecular weight is 408 g/mol. The average Bonchev–Trinajstić information content (AvgIpc) is 3.36. The molecule has 154 valence electrons. The van der Waals surface area contributed by atoms with Crippen molar-refractivity contribution in [2.24, 2.45) is 0 Å². The highest BCUT2D eigenvalue weighted by molar-refractivity contribution is 6.08. The molecule has 9 heteroatoms. The summed E-state index contributed by atoms with van der Waals surface area (Å²) in [6.45, 7) is 0.896. The molecule has 3 aliphatic rings. The summed E-state index contributed by atoms with van der Waals surface area (Å²) >= 11 is 0. The molecule has 0 spiro atoms. The van der Waals surface area contributed by atoms with Gasteiger partial charge < -0.3 is 24.3 Å². The molecule has 0 radical (unpaired) electrons. The Labute approximate surface area is 172 Å². The lowest BCUT2D eigenvalue weighted by Crippen LogP contribution is -2.52. The van der Waals surface area contributed by atoms with Crippen LogP contribution in [0.5, 0.6) is 5.75 Å². The first-order chi connectivity index (χ1) is 14.4. The van der Waals surface area contributed by atoms with Crippen LogP contribution in [0.4, 0.5) is 4.79 Å². The molecule has 4 amide bonds. The van der Waals surface area contributed by atoms with Crippen molar-refractivity contribution in [2.45, 2.75) is 18.6 Å². The number of rotatable bonds is 4. The Morgan fingerprint density at radius 2 is 2.00 bits per heavy atom. The fourth-order valence-electron chi connectivity index (χ4n) is 4.17. The number of carbonyl (C=O) groups excluding carboxylic acids is 3. The minimum absolute atomic E-state index is 0.0493. The van der Waals surface area contributed by atoms with E-state index in [0.29, 0.717) is 35.9 Å². The molecule has 2 N–H and O–H groups in total. The number of nitrogens with zero attached hydrogens (tertiary/aromatic N) is 2. The lowest BCUT2D eigenvalue weighted by molar-refractivity contribution is -0.125. The minimum Gasteiger partial charge on any atom is -0.497 e. The van der Waals surface area contributed by atoms with Gasteiger partial charge in [0.25, 0.3) is 11.8 Å². The molecule has 30 heavy (non-hydrogen) atoms. The molecule has 1 saturated heterocycles. The normalized spacial score (nSPS) is 22.1. The van der Waals surface area contributed by atoms with Gasteiger partial charge in [-0.1, -0.05) is 6.07 Å². The zero-order valence-electron chi connectivity index (χ0n) is 16.5. The number of carbonyl (C=O) groups is 3. The Bertz CT molecular complexity index is 1120. The second-order valence-electron chi connectivity index (χ2n) is 7.73. The Kier molecular flexibility index (Phi) is 3.89. The van der Waals surface area contributed by atoms with Gasteiger partial charge in [-0.3, -0.25) is 14.9 Å². The predicted molar refractivity (Wildman–Crippen MR) is 105 cm³/mol. The molecule has 1 atom stereocenters. The molecule has 3 aliphatic heterocycles. The summed E-state index contributed by atoms with van der Waals surface area (Å²) in [5.41, 5.74) is 0.772. The first kappa shape index (κ1) is 18.3. The Morgan fingerprint density at radius 3 is 2.73 bits per heavy atom. The van der Waals surface area contributed by atoms with Crippen molar-refractivity contribution in [3.05, 3.63) is 58.7 Å². The Hall–Kier alpha value is -3.75. The molecule has 0 bridgehead atoms. The maximum absolute atomic E-state index is 13.0. The molecule has 4 heterocycles. The van der Waals surface area contributed by atoms with Gasteiger partial charge in [0.2, 0.25) is 0 Å². The monoisotopic (exact) mass is 408 g/mol. The van der Waals surface area contributed by atoms with Gasteiger partial charge in [-0.05, 0) is 29.8 Å². The van der Waals surface area contributed by atoms with Crippen LogP contribution in [-0.4, -0.2) is 48.3 Å². The number of hydrogen-bond donors (Lipinski definition) is 2. The minimum atomic E-state index is -1.50. The van der Waals surface area contributed by atoms with Crippen molar-refractivity contribution in [1.82, 2.24) is 20.4 Å². The Balaban J connectivity index is 1.51. The van der Waals surface area contributed by atoms with Crippen LogP contribution in [-0.2, 0) is 23.4 Å². The quantitative estimate of drug-likeness (QED) is 0.741. The number of methoxy groups -OCH3 is 1. The van der Waals surface area contributed by atoms with E-state index < -0.39 is 17.5 Å². The third kappa shape index (κ3) is 2.66. The van der Waals surface area contributed by atoms with E-state index in [1.807, 2.05) is 30.3 Å². The Morgan fingerprint density at radius 1 is 1.17 bits per heavy atom. The maximum Gasteiger partial charge on any atom is 0.322 e. The first-order valence-corrected chi connectivity index (χ1v) is 9.51. The first-order valence-electron chi connectivity index (χ1n) is 9.51. The molecule has 0 unspecified atom stereocenters. The van der Waals surface area contributed by atoms with Gasteiger partial charge in [0.15, 0.2) is 5.54 Å². The molecule has 1 aromatic heterocycles. The summed E-state index contributed by atoms with van der Waals surface area (Å²) in [5, 5.41) is 4.99. The van der Waals surface area contributed by atoms with Crippen molar-refractivity contribution in [2.75, 3.05) is 20.7 Å². The van der Waals surface area contributed by atoms with Crippen molar-refractivity contribution < 1.29 is 23.5 Å². The number of imide groups is 1. The van der Waals surface area contributed by atoms with Gasteiger partial charge in [-0.25, -0.2) is 4.79 Å². The summed E-state index contributed by atoms with van der Waals surface area (Å²) in [5.74, 6) is 0.750. The molecule has 1 fully saturated rings. The van der Waals surface area contributed by atoms with E-state index in [2.05, 4.69) is 10.6 Å². The molecule has 0 aliphatic carbocycles. The van der Waals surface area contributed by atoms with Crippen LogP contribution in [0.3, 0.4) is 0 Å². The van der Waals surface area contributed by atoms with Crippen LogP contribution in [0.1, 0.15) is 33.0 Å². The number of hydrogen-bond acceptors (Lipinski definition) is 6. The number of nitrogens with one attached hydrogen (secondary N) is 2. The summed E-state index contributed by atoms with van der Waals surface area (Å²) in [6.07, 6.45) is 3.69. The second kappa shape index (κ2) is 6.38. The number of fused-ring (bicyclic) bond motifs is 2. The van der Waals surface area contributed by atoms with Gasteiger partial charge in [0, 0.05) is 37.5 Å². The highest BCUT2D eigenvalue weighted by Gasteiger charge is 2.53. The van der Waals surface area contributed by atoms with Crippen molar-refractivity contribution in [1.29, 1.82) is 0 Å². The van der Waals surface area contributed by atoms with Crippen LogP contribution in [0.15, 0.2) is 34.9 Å². The number of urea groups is 1. The predicted octanol–water partition coefficient (Wildman–Crippen LogP) is 1.39. The van der Waals surface area contributed by atoms with Crippen molar-refractivity contribution in [3.8, 4) is 5.75 Å². The van der Waals surface area contributed by atoms with E-state index in [0.717, 1.165) is 11.1 Å². The van der Waals surface area contributed by atoms with Crippen LogP contribution < -0.4 is 15.4 Å². The molecule has 1 aromatic carbocycles. The third-order valence-corrected chi connectivity index (χ3v) is 5.73. The van der Waals surface area contributed by atoms with Crippen molar-refractivity contribution >= 4 is 23.9 Å². The standard InChI is InChI=1S/C21H20N4O5/c1-24-6-5-16-13(9-24)7-17(30-16)21(19(27)22-20(28)23-21)11-25-10-12-3-4-14(29-2)8-15(12)18(25)26/h3-8H,9-11H2,1-2H3,(H2,22,23,27,28)/t21-/m0/s1. The van der Waals surface area contributed by atoms with Gasteiger partial charge in [-0.15, -0.1) is 0 Å². The van der Waals surface area contributed by atoms with E-state index in [9.17, 15) is 14.4 Å². The van der Waals surface area contributed by atoms with E-state index in [1.165, 1.54) is 7.11 Å². The lowest BCUT2D eigenvalue weighted by Gasteiger charge is -2.29. The summed E-state index contributed by atoms with van der Waals surface area (Å²) < 4.78 is 11.2. The fraction of sp³-hybridized carbons (Fsp3) is 0.286. The third-order valence-electron chi connectivity index (χ3n) is 5.73. The molecule has 2 aromatic rings. The van der Waals surface area contributed by atoms with Gasteiger partial charge in [0.05, 0.1) is 13.7 Å². The van der Waals surface area contributed by atoms with Crippen LogP contribution in [0.2, 0.25) is 0 Å². The number of ether oxygens (including phenoxy) is 1. The highest BCUT2D eigenvalue weighted by atomic mass is 16.5. The van der Waals surface area contributed by atoms with Crippen LogP contribution in [0, 0.1) is 0 Å². The molecule has 0 saturated carbocycles. The second-order valence-corrected chi connectivity index (χ2v) is 7.73. The number of benzene rings is 1. The van der Waals surface area contributed by atoms with Crippen molar-refractivity contribution in [3.63, 3.8) is 0 Å². The number of furan rings is 1. The lowest BCUT2D eigenvalue weighted by atomic mass is 9.94. The highest BCUT2D eigenvalue weighted by Crippen LogP contribution is 2.35. The van der Waals surface area contributed by atoms with E-state index in [-0.39, 0.29) is 12.5 Å². The van der Waals surface area contributed by atoms with Crippen LogP contribution in [0.25, 0.3) is 6.08 Å². The zero-order valence-corrected chi connectivity index (χ0v) is 16.5. The fourth-order valence-corrected chi connectivity index (χ4v) is 4.17. The summed E-state index contributed by atoms with van der Waals surface area (Å²) in [7, 11) is 3.47. The largest absolute Gasteiger partial charge is 0.497 e. The molecular weight excluding hydrogens is 388 g/mol. The molecular formula is C21H20N4O5. The van der Waals surface area contributed by atoms with Crippen LogP contribution >= 0.6 is 0 Å². The number of amides is 4. The van der Waals surface area contributed by atoms with Gasteiger partial charge in [0.1, 0.15) is 17.3 Å². The smallest absolute Gasteiger partial charge is 0.322 e. The molecule has 9 nitrogen and oxygen atoms in total. The summed E-state index contributed by atoms with van der Waals surface area (Å²) in [4.78, 5) is 41.5. The van der Waals surface area contributed by atoms with E-state index in [4.69, 9.17) is 9.15 Å². The molecule has 5 rings (SSSR count). The SMILES string of the molecule is COc1ccc2c(c1)C(=O)N(C[C@@]1(c3cc4c(o3)C=CN(C)C4)NC(=O)NC1=O)C2. The maximum atomic E-state index is 13.0. The zero-order chi connectivity index (χ0) is 21.0. The van der Waals surface area contributed by atoms with Gasteiger partial charge >= 0.3 is 6.03 Å². The summed E-state index contributed by atoms with van der Waals surface area (Å²) in [6, 6.07) is 6.46. The topological polar surface area (TPSA) is 104 Å². The van der Waals surface area contributed by atoms with E-state index >= 15 is 0 Å². The van der Waals surface area contributed by atoms with Gasteiger partial charge in [-0.2, -0.15) is 0 Å².